The molecule has 0 spiro atoms. The maximum absolute atomic E-state index is 5.63. The summed E-state index contributed by atoms with van der Waals surface area (Å²) in [6.07, 6.45) is 0.248. The molecule has 0 saturated heterocycles. The molecule has 84 valence electrons. The fraction of sp³-hybridized carbons (Fsp3) is 0.500. The quantitative estimate of drug-likeness (QED) is 0.753. The van der Waals surface area contributed by atoms with Crippen molar-refractivity contribution in [3.05, 3.63) is 24.3 Å². The molecule has 0 aliphatic heterocycles. The van der Waals surface area contributed by atoms with Gasteiger partial charge in [0.05, 0.1) is 6.10 Å². The van der Waals surface area contributed by atoms with Crippen LogP contribution in [0.4, 0.5) is 11.4 Å². The van der Waals surface area contributed by atoms with Gasteiger partial charge in [0.25, 0.3) is 0 Å². The molecule has 0 saturated carbocycles. The summed E-state index contributed by atoms with van der Waals surface area (Å²) in [5.74, 6) is 0. The van der Waals surface area contributed by atoms with Crippen LogP contribution in [-0.2, 0) is 4.74 Å². The van der Waals surface area contributed by atoms with Gasteiger partial charge >= 0.3 is 0 Å². The van der Waals surface area contributed by atoms with Gasteiger partial charge in [0.1, 0.15) is 0 Å². The van der Waals surface area contributed by atoms with Crippen molar-refractivity contribution in [2.45, 2.75) is 20.0 Å². The molecule has 1 aromatic carbocycles. The first kappa shape index (κ1) is 11.9. The van der Waals surface area contributed by atoms with E-state index in [4.69, 9.17) is 10.5 Å². The van der Waals surface area contributed by atoms with Gasteiger partial charge in [-0.05, 0) is 38.1 Å². The Morgan fingerprint density at radius 2 is 1.93 bits per heavy atom. The van der Waals surface area contributed by atoms with Crippen LogP contribution < -0.4 is 10.6 Å². The van der Waals surface area contributed by atoms with Crippen LogP contribution in [0.3, 0.4) is 0 Å². The summed E-state index contributed by atoms with van der Waals surface area (Å²) < 4.78 is 5.49. The zero-order chi connectivity index (χ0) is 11.3. The van der Waals surface area contributed by atoms with Crippen LogP contribution in [0.1, 0.15) is 13.8 Å². The van der Waals surface area contributed by atoms with E-state index in [-0.39, 0.29) is 6.10 Å². The normalized spacial score (nSPS) is 12.5. The number of likely N-dealkylation sites (N-methyl/N-ethyl adjacent to an activating group) is 1. The smallest absolute Gasteiger partial charge is 0.0721 e. The third kappa shape index (κ3) is 3.80. The van der Waals surface area contributed by atoms with Gasteiger partial charge in [0.2, 0.25) is 0 Å². The van der Waals surface area contributed by atoms with E-state index in [1.807, 2.05) is 31.2 Å². The molecule has 3 nitrogen and oxygen atoms in total. The monoisotopic (exact) mass is 208 g/mol. The molecule has 0 unspecified atom stereocenters. The van der Waals surface area contributed by atoms with Gasteiger partial charge in [-0.3, -0.25) is 0 Å². The van der Waals surface area contributed by atoms with Crippen LogP contribution >= 0.6 is 0 Å². The first-order valence-electron chi connectivity index (χ1n) is 5.31. The fourth-order valence-corrected chi connectivity index (χ4v) is 1.56. The van der Waals surface area contributed by atoms with Gasteiger partial charge in [-0.1, -0.05) is 0 Å². The summed E-state index contributed by atoms with van der Waals surface area (Å²) in [6.45, 7) is 5.74. The third-order valence-corrected chi connectivity index (χ3v) is 2.32. The molecule has 0 aromatic heterocycles. The van der Waals surface area contributed by atoms with Gasteiger partial charge < -0.3 is 15.4 Å². The highest BCUT2D eigenvalue weighted by atomic mass is 16.5. The first-order chi connectivity index (χ1) is 7.13. The van der Waals surface area contributed by atoms with E-state index < -0.39 is 0 Å². The molecular weight excluding hydrogens is 188 g/mol. The van der Waals surface area contributed by atoms with E-state index in [1.54, 1.807) is 0 Å². The highest BCUT2D eigenvalue weighted by Crippen LogP contribution is 2.15. The molecular formula is C12H20N2O. The number of nitrogens with zero attached hydrogens (tertiary/aromatic N) is 1. The topological polar surface area (TPSA) is 38.5 Å². The van der Waals surface area contributed by atoms with Crippen molar-refractivity contribution in [3.8, 4) is 0 Å². The molecule has 15 heavy (non-hydrogen) atoms. The number of rotatable bonds is 5. The molecule has 0 fully saturated rings. The SMILES string of the molecule is CCO[C@H](C)CN(C)c1ccc(N)cc1. The lowest BCUT2D eigenvalue weighted by molar-refractivity contribution is 0.0818. The number of ether oxygens (including phenoxy) is 1. The maximum Gasteiger partial charge on any atom is 0.0721 e. The molecule has 0 heterocycles. The van der Waals surface area contributed by atoms with E-state index in [1.165, 1.54) is 0 Å². The Morgan fingerprint density at radius 3 is 2.47 bits per heavy atom. The number of hydrogen-bond acceptors (Lipinski definition) is 3. The van der Waals surface area contributed by atoms with Gasteiger partial charge in [0, 0.05) is 31.6 Å². The Labute approximate surface area is 91.8 Å². The van der Waals surface area contributed by atoms with Crippen molar-refractivity contribution in [3.63, 3.8) is 0 Å². The lowest BCUT2D eigenvalue weighted by atomic mass is 10.2. The largest absolute Gasteiger partial charge is 0.399 e. The predicted molar refractivity (Wildman–Crippen MR) is 65.2 cm³/mol. The summed E-state index contributed by atoms with van der Waals surface area (Å²) in [7, 11) is 2.06. The predicted octanol–water partition coefficient (Wildman–Crippen LogP) is 2.13. The molecule has 2 N–H and O–H groups in total. The molecule has 1 rings (SSSR count). The number of anilines is 2. The number of nitrogens with two attached hydrogens (primary N) is 1. The number of hydrogen-bond donors (Lipinski definition) is 1. The molecule has 0 bridgehead atoms. The van der Waals surface area contributed by atoms with Crippen molar-refractivity contribution < 1.29 is 4.74 Å². The summed E-state index contributed by atoms with van der Waals surface area (Å²) in [5.41, 5.74) is 7.59. The van der Waals surface area contributed by atoms with Crippen LogP contribution in [0, 0.1) is 0 Å². The van der Waals surface area contributed by atoms with E-state index in [9.17, 15) is 0 Å². The van der Waals surface area contributed by atoms with E-state index in [2.05, 4.69) is 18.9 Å². The number of benzene rings is 1. The molecule has 1 aromatic rings. The lowest BCUT2D eigenvalue weighted by Gasteiger charge is -2.23. The van der Waals surface area contributed by atoms with Crippen molar-refractivity contribution >= 4 is 11.4 Å². The second-order valence-corrected chi connectivity index (χ2v) is 3.74. The molecule has 0 amide bonds. The van der Waals surface area contributed by atoms with Crippen LogP contribution in [0.5, 0.6) is 0 Å². The molecule has 0 radical (unpaired) electrons. The molecule has 0 aliphatic carbocycles. The van der Waals surface area contributed by atoms with Gasteiger partial charge in [0.15, 0.2) is 0 Å². The van der Waals surface area contributed by atoms with Gasteiger partial charge in [-0.25, -0.2) is 0 Å². The minimum absolute atomic E-state index is 0.248. The molecule has 1 atom stereocenters. The van der Waals surface area contributed by atoms with Crippen LogP contribution in [0.2, 0.25) is 0 Å². The average Bonchev–Trinajstić information content (AvgIpc) is 2.18. The zero-order valence-electron chi connectivity index (χ0n) is 9.73. The summed E-state index contributed by atoms with van der Waals surface area (Å²) >= 11 is 0. The second kappa shape index (κ2) is 5.61. The third-order valence-electron chi connectivity index (χ3n) is 2.32. The molecule has 3 heteroatoms. The summed E-state index contributed by atoms with van der Waals surface area (Å²) in [5, 5.41) is 0. The maximum atomic E-state index is 5.63. The lowest BCUT2D eigenvalue weighted by Crippen LogP contribution is -2.28. The fourth-order valence-electron chi connectivity index (χ4n) is 1.56. The summed E-state index contributed by atoms with van der Waals surface area (Å²) in [4.78, 5) is 2.17. The van der Waals surface area contributed by atoms with Crippen LogP contribution in [-0.4, -0.2) is 26.3 Å². The number of nitrogen functional groups attached to an aromatic ring is 1. The van der Waals surface area contributed by atoms with Crippen LogP contribution in [0.15, 0.2) is 24.3 Å². The van der Waals surface area contributed by atoms with Crippen molar-refractivity contribution in [2.75, 3.05) is 30.8 Å². The van der Waals surface area contributed by atoms with Crippen molar-refractivity contribution in [1.82, 2.24) is 0 Å². The summed E-state index contributed by atoms with van der Waals surface area (Å²) in [6, 6.07) is 7.87. The van der Waals surface area contributed by atoms with Gasteiger partial charge in [-0.15, -0.1) is 0 Å². The van der Waals surface area contributed by atoms with E-state index >= 15 is 0 Å². The van der Waals surface area contributed by atoms with E-state index in [0.29, 0.717) is 0 Å². The first-order valence-corrected chi connectivity index (χ1v) is 5.31. The minimum Gasteiger partial charge on any atom is -0.399 e. The van der Waals surface area contributed by atoms with Crippen LogP contribution in [0.25, 0.3) is 0 Å². The van der Waals surface area contributed by atoms with Crippen molar-refractivity contribution in [2.24, 2.45) is 0 Å². The van der Waals surface area contributed by atoms with E-state index in [0.717, 1.165) is 24.5 Å². The Morgan fingerprint density at radius 1 is 1.33 bits per heavy atom. The van der Waals surface area contributed by atoms with Crippen molar-refractivity contribution in [1.29, 1.82) is 0 Å². The van der Waals surface area contributed by atoms with Gasteiger partial charge in [-0.2, -0.15) is 0 Å². The Hall–Kier alpha value is -1.22. The zero-order valence-corrected chi connectivity index (χ0v) is 9.73. The highest BCUT2D eigenvalue weighted by molar-refractivity contribution is 5.52. The highest BCUT2D eigenvalue weighted by Gasteiger charge is 2.06. The molecule has 0 aliphatic rings. The Kier molecular flexibility index (Phi) is 4.43. The minimum atomic E-state index is 0.248. The Balaban J connectivity index is 2.53. The second-order valence-electron chi connectivity index (χ2n) is 3.74. The Bertz CT molecular complexity index is 284. The standard InChI is InChI=1S/C12H20N2O/c1-4-15-10(2)9-14(3)12-7-5-11(13)6-8-12/h5-8,10H,4,9,13H2,1-3H3/t10-/m1/s1. The average molecular weight is 208 g/mol.